The first-order valence-corrected chi connectivity index (χ1v) is 12.8. The van der Waals surface area contributed by atoms with E-state index in [1.807, 2.05) is 38.1 Å². The van der Waals surface area contributed by atoms with E-state index in [0.29, 0.717) is 25.8 Å². The van der Waals surface area contributed by atoms with Gasteiger partial charge in [-0.3, -0.25) is 14.4 Å². The number of nitrogens with one attached hydrogen (secondary N) is 3. The number of nitrogens with two attached hydrogens (primary N) is 1. The number of amides is 3. The van der Waals surface area contributed by atoms with E-state index in [9.17, 15) is 24.3 Å². The van der Waals surface area contributed by atoms with Gasteiger partial charge < -0.3 is 31.4 Å². The lowest BCUT2D eigenvalue weighted by Crippen LogP contribution is -2.57. The highest BCUT2D eigenvalue weighted by Crippen LogP contribution is 2.21. The van der Waals surface area contributed by atoms with E-state index in [2.05, 4.69) is 28.2 Å². The van der Waals surface area contributed by atoms with Crippen molar-refractivity contribution in [2.24, 2.45) is 11.7 Å². The largest absolute Gasteiger partial charge is 0.480 e. The number of hydrogen-bond acceptors (Lipinski definition) is 6. The molecule has 0 radical (unpaired) electrons. The summed E-state index contributed by atoms with van der Waals surface area (Å²) in [4.78, 5) is 55.2. The molecule has 1 fully saturated rings. The van der Waals surface area contributed by atoms with Crippen LogP contribution in [0.2, 0.25) is 0 Å². The van der Waals surface area contributed by atoms with Crippen LogP contribution in [0.25, 0.3) is 10.9 Å². The Morgan fingerprint density at radius 2 is 1.92 bits per heavy atom. The first-order chi connectivity index (χ1) is 17.1. The Balaban J connectivity index is 1.64. The van der Waals surface area contributed by atoms with Crippen LogP contribution in [-0.2, 0) is 25.6 Å². The average Bonchev–Trinajstić information content (AvgIpc) is 3.48. The summed E-state index contributed by atoms with van der Waals surface area (Å²) in [6.07, 6.45) is 3.42. The summed E-state index contributed by atoms with van der Waals surface area (Å²) < 4.78 is 0. The number of carbonyl (C=O) groups excluding carboxylic acids is 3. The second-order valence-electron chi connectivity index (χ2n) is 9.63. The number of aromatic amines is 1. The zero-order chi connectivity index (χ0) is 26.4. The number of H-pyrrole nitrogens is 1. The van der Waals surface area contributed by atoms with E-state index in [-0.39, 0.29) is 24.0 Å². The molecule has 0 bridgehead atoms. The van der Waals surface area contributed by atoms with Gasteiger partial charge >= 0.3 is 5.97 Å². The summed E-state index contributed by atoms with van der Waals surface area (Å²) in [7, 11) is 0. The first-order valence-electron chi connectivity index (χ1n) is 12.2. The Labute approximate surface area is 215 Å². The van der Waals surface area contributed by atoms with E-state index in [1.165, 1.54) is 4.90 Å². The number of likely N-dealkylation sites (tertiary alicyclic amines) is 1. The van der Waals surface area contributed by atoms with Crippen molar-refractivity contribution in [3.63, 3.8) is 0 Å². The summed E-state index contributed by atoms with van der Waals surface area (Å²) >= 11 is 4.19. The fourth-order valence-electron chi connectivity index (χ4n) is 4.58. The summed E-state index contributed by atoms with van der Waals surface area (Å²) in [5.41, 5.74) is 7.67. The fourth-order valence-corrected chi connectivity index (χ4v) is 4.84. The Kier molecular flexibility index (Phi) is 9.38. The van der Waals surface area contributed by atoms with Crippen molar-refractivity contribution >= 4 is 47.2 Å². The van der Waals surface area contributed by atoms with Crippen LogP contribution in [0.5, 0.6) is 0 Å². The lowest BCUT2D eigenvalue weighted by Gasteiger charge is -2.28. The molecule has 196 valence electrons. The maximum atomic E-state index is 13.0. The van der Waals surface area contributed by atoms with Gasteiger partial charge in [-0.1, -0.05) is 32.0 Å². The fraction of sp³-hybridized carbons (Fsp3) is 0.520. The minimum Gasteiger partial charge on any atom is -0.480 e. The van der Waals surface area contributed by atoms with Gasteiger partial charge in [-0.25, -0.2) is 4.79 Å². The Bertz CT molecular complexity index is 1100. The predicted molar refractivity (Wildman–Crippen MR) is 140 cm³/mol. The van der Waals surface area contributed by atoms with Crippen molar-refractivity contribution in [3.05, 3.63) is 36.0 Å². The van der Waals surface area contributed by atoms with Gasteiger partial charge in [0.2, 0.25) is 17.7 Å². The molecule has 10 nitrogen and oxygen atoms in total. The molecule has 4 atom stereocenters. The number of aromatic nitrogens is 1. The van der Waals surface area contributed by atoms with Crippen molar-refractivity contribution < 1.29 is 24.3 Å². The minimum atomic E-state index is -1.20. The molecule has 2 heterocycles. The molecule has 1 aromatic carbocycles. The van der Waals surface area contributed by atoms with Crippen molar-refractivity contribution in [3.8, 4) is 0 Å². The molecule has 1 aliphatic heterocycles. The molecule has 1 aliphatic rings. The highest BCUT2D eigenvalue weighted by molar-refractivity contribution is 7.80. The second-order valence-corrected chi connectivity index (χ2v) is 10.00. The third-order valence-corrected chi connectivity index (χ3v) is 6.78. The van der Waals surface area contributed by atoms with Crippen LogP contribution in [0.15, 0.2) is 30.5 Å². The van der Waals surface area contributed by atoms with Crippen LogP contribution in [0.3, 0.4) is 0 Å². The van der Waals surface area contributed by atoms with Crippen molar-refractivity contribution in [2.45, 2.75) is 63.7 Å². The monoisotopic (exact) mass is 517 g/mol. The molecule has 36 heavy (non-hydrogen) atoms. The SMILES string of the molecule is CC(C)CC(N)C(=O)N1CCCC1C(=O)NC(CS)C(=O)NC(Cc1c[nH]c2ccccc12)C(=O)O. The highest BCUT2D eigenvalue weighted by Gasteiger charge is 2.37. The van der Waals surface area contributed by atoms with Gasteiger partial charge in [-0.2, -0.15) is 12.6 Å². The van der Waals surface area contributed by atoms with Gasteiger partial charge in [0.15, 0.2) is 0 Å². The molecule has 1 aromatic heterocycles. The number of hydrogen-bond donors (Lipinski definition) is 6. The summed E-state index contributed by atoms with van der Waals surface area (Å²) in [5, 5.41) is 15.8. The summed E-state index contributed by atoms with van der Waals surface area (Å²) in [6.45, 7) is 4.37. The van der Waals surface area contributed by atoms with Crippen molar-refractivity contribution in [1.82, 2.24) is 20.5 Å². The number of fused-ring (bicyclic) bond motifs is 1. The Morgan fingerprint density at radius 3 is 2.58 bits per heavy atom. The van der Waals surface area contributed by atoms with Gasteiger partial charge in [0.25, 0.3) is 0 Å². The number of para-hydroxylation sites is 1. The number of rotatable bonds is 11. The normalized spacial score (nSPS) is 18.1. The molecule has 11 heteroatoms. The third-order valence-electron chi connectivity index (χ3n) is 6.41. The molecule has 2 aromatic rings. The van der Waals surface area contributed by atoms with E-state index < -0.39 is 42.0 Å². The minimum absolute atomic E-state index is 0.0372. The molecular weight excluding hydrogens is 482 g/mol. The first kappa shape index (κ1) is 27.5. The molecule has 0 saturated carbocycles. The molecule has 3 amide bonds. The highest BCUT2D eigenvalue weighted by atomic mass is 32.1. The number of nitrogens with zero attached hydrogens (tertiary/aromatic N) is 1. The van der Waals surface area contributed by atoms with Gasteiger partial charge in [-0.15, -0.1) is 0 Å². The summed E-state index contributed by atoms with van der Waals surface area (Å²) in [6, 6.07) is 3.80. The van der Waals surface area contributed by atoms with Crippen LogP contribution in [0, 0.1) is 5.92 Å². The number of benzene rings is 1. The van der Waals surface area contributed by atoms with Crippen LogP contribution < -0.4 is 16.4 Å². The van der Waals surface area contributed by atoms with Gasteiger partial charge in [0, 0.05) is 35.8 Å². The third kappa shape index (κ3) is 6.58. The number of carboxylic acids is 1. The van der Waals surface area contributed by atoms with Crippen LogP contribution >= 0.6 is 12.6 Å². The lowest BCUT2D eigenvalue weighted by molar-refractivity contribution is -0.143. The van der Waals surface area contributed by atoms with Gasteiger partial charge in [0.05, 0.1) is 6.04 Å². The molecule has 6 N–H and O–H groups in total. The van der Waals surface area contributed by atoms with E-state index in [4.69, 9.17) is 5.73 Å². The summed E-state index contributed by atoms with van der Waals surface area (Å²) in [5.74, 6) is -2.40. The van der Waals surface area contributed by atoms with Gasteiger partial charge in [-0.05, 0) is 36.8 Å². The Morgan fingerprint density at radius 1 is 1.19 bits per heavy atom. The second kappa shape index (κ2) is 12.3. The average molecular weight is 518 g/mol. The quantitative estimate of drug-likeness (QED) is 0.245. The standard InChI is InChI=1S/C25H35N5O5S/c1-14(2)10-17(26)24(33)30-9-5-8-21(30)23(32)29-20(13-36)22(31)28-19(25(34)35)11-15-12-27-18-7-4-3-6-16(15)18/h3-4,6-7,12,14,17,19-21,27,36H,5,8-11,13,26H2,1-2H3,(H,28,31)(H,29,32)(H,34,35). The van der Waals surface area contributed by atoms with Crippen molar-refractivity contribution in [1.29, 1.82) is 0 Å². The van der Waals surface area contributed by atoms with E-state index >= 15 is 0 Å². The van der Waals surface area contributed by atoms with Crippen LogP contribution in [-0.4, -0.2) is 75.1 Å². The predicted octanol–water partition coefficient (Wildman–Crippen LogP) is 1.06. The zero-order valence-corrected chi connectivity index (χ0v) is 21.5. The molecule has 1 saturated heterocycles. The maximum Gasteiger partial charge on any atom is 0.326 e. The number of carboxylic acid groups (broad SMARTS) is 1. The molecule has 0 spiro atoms. The molecule has 0 aliphatic carbocycles. The maximum absolute atomic E-state index is 13.0. The van der Waals surface area contributed by atoms with E-state index in [0.717, 1.165) is 16.5 Å². The van der Waals surface area contributed by atoms with E-state index in [1.54, 1.807) is 6.20 Å². The topological polar surface area (TPSA) is 158 Å². The number of thiol groups is 1. The van der Waals surface area contributed by atoms with Crippen molar-refractivity contribution in [2.75, 3.05) is 12.3 Å². The molecule has 3 rings (SSSR count). The number of aliphatic carboxylic acids is 1. The van der Waals surface area contributed by atoms with Crippen LogP contribution in [0.1, 0.15) is 38.7 Å². The Hall–Kier alpha value is -3.05. The smallest absolute Gasteiger partial charge is 0.326 e. The van der Waals surface area contributed by atoms with Crippen LogP contribution in [0.4, 0.5) is 0 Å². The molecule has 4 unspecified atom stereocenters. The number of carbonyl (C=O) groups is 4. The van der Waals surface area contributed by atoms with Gasteiger partial charge in [0.1, 0.15) is 18.1 Å². The molecular formula is C25H35N5O5S. The zero-order valence-electron chi connectivity index (χ0n) is 20.6. The lowest BCUT2D eigenvalue weighted by atomic mass is 10.0.